The van der Waals surface area contributed by atoms with Crippen molar-refractivity contribution in [1.82, 2.24) is 10.2 Å². The number of hydrogen-bond acceptors (Lipinski definition) is 4. The standard InChI is InChI=1S/C30H34BrCl2N3O4S/c1-6-27(29(38)34-30(3,4)5)35(18-21-12-13-23(32)17-26(21)33)28(37)19-36(24-9-7-8-22(31)16-24)41(39,40)25-14-10-20(2)11-15-25/h7-17,27H,6,18-19H2,1-5H3,(H,34,38)/t27-/m1/s1. The van der Waals surface area contributed by atoms with Gasteiger partial charge in [-0.05, 0) is 82.1 Å². The first-order chi connectivity index (χ1) is 19.1. The molecule has 0 aliphatic rings. The first-order valence-electron chi connectivity index (χ1n) is 13.0. The van der Waals surface area contributed by atoms with E-state index in [1.807, 2.05) is 27.7 Å². The summed E-state index contributed by atoms with van der Waals surface area (Å²) in [4.78, 5) is 29.0. The van der Waals surface area contributed by atoms with Crippen LogP contribution in [-0.2, 0) is 26.2 Å². The van der Waals surface area contributed by atoms with Crippen LogP contribution in [0, 0.1) is 6.92 Å². The molecule has 0 aromatic heterocycles. The van der Waals surface area contributed by atoms with Gasteiger partial charge in [0.1, 0.15) is 12.6 Å². The maximum atomic E-state index is 14.2. The van der Waals surface area contributed by atoms with E-state index in [9.17, 15) is 18.0 Å². The van der Waals surface area contributed by atoms with Crippen LogP contribution in [0.2, 0.25) is 10.0 Å². The first kappa shape index (κ1) is 32.9. The molecule has 7 nitrogen and oxygen atoms in total. The molecule has 0 fully saturated rings. The number of anilines is 1. The number of carbonyl (C=O) groups is 2. The fraction of sp³-hybridized carbons (Fsp3) is 0.333. The molecular formula is C30H34BrCl2N3O4S. The van der Waals surface area contributed by atoms with Gasteiger partial charge in [-0.15, -0.1) is 0 Å². The Bertz CT molecular complexity index is 1510. The maximum absolute atomic E-state index is 14.2. The summed E-state index contributed by atoms with van der Waals surface area (Å²) in [5.74, 6) is -0.920. The Morgan fingerprint density at radius 1 is 1.00 bits per heavy atom. The van der Waals surface area contributed by atoms with E-state index < -0.39 is 34.1 Å². The van der Waals surface area contributed by atoms with E-state index in [1.165, 1.54) is 17.0 Å². The molecule has 1 N–H and O–H groups in total. The number of nitrogens with zero attached hydrogens (tertiary/aromatic N) is 2. The summed E-state index contributed by atoms with van der Waals surface area (Å²) in [6, 6.07) is 17.1. The molecule has 3 aromatic rings. The van der Waals surface area contributed by atoms with Gasteiger partial charge in [0.05, 0.1) is 10.6 Å². The van der Waals surface area contributed by atoms with E-state index >= 15 is 0 Å². The normalized spacial score (nSPS) is 12.5. The van der Waals surface area contributed by atoms with Crippen LogP contribution in [0.4, 0.5) is 5.69 Å². The minimum absolute atomic E-state index is 0.0260. The molecule has 0 spiro atoms. The summed E-state index contributed by atoms with van der Waals surface area (Å²) in [7, 11) is -4.16. The van der Waals surface area contributed by atoms with E-state index in [0.717, 1.165) is 9.87 Å². The molecular weight excluding hydrogens is 649 g/mol. The van der Waals surface area contributed by atoms with Crippen LogP contribution in [0.25, 0.3) is 0 Å². The summed E-state index contributed by atoms with van der Waals surface area (Å²) in [5, 5.41) is 3.70. The zero-order chi connectivity index (χ0) is 30.5. The minimum Gasteiger partial charge on any atom is -0.350 e. The molecule has 0 heterocycles. The lowest BCUT2D eigenvalue weighted by molar-refractivity contribution is -0.141. The van der Waals surface area contributed by atoms with Gasteiger partial charge in [-0.3, -0.25) is 13.9 Å². The predicted octanol–water partition coefficient (Wildman–Crippen LogP) is 6.98. The van der Waals surface area contributed by atoms with Crippen LogP contribution in [0.15, 0.2) is 76.1 Å². The summed E-state index contributed by atoms with van der Waals surface area (Å²) >= 11 is 16.0. The van der Waals surface area contributed by atoms with E-state index in [-0.39, 0.29) is 17.3 Å². The number of rotatable bonds is 10. The average molecular weight is 683 g/mol. The molecule has 3 rings (SSSR count). The van der Waals surface area contributed by atoms with Crippen molar-refractivity contribution in [3.8, 4) is 0 Å². The quantitative estimate of drug-likeness (QED) is 0.250. The molecule has 1 atom stereocenters. The second kappa shape index (κ2) is 13.6. The van der Waals surface area contributed by atoms with Crippen LogP contribution in [0.1, 0.15) is 45.2 Å². The highest BCUT2D eigenvalue weighted by atomic mass is 79.9. The largest absolute Gasteiger partial charge is 0.350 e. The molecule has 2 amide bonds. The van der Waals surface area contributed by atoms with Crippen molar-refractivity contribution in [2.24, 2.45) is 0 Å². The molecule has 41 heavy (non-hydrogen) atoms. The molecule has 0 aliphatic carbocycles. The van der Waals surface area contributed by atoms with Crippen LogP contribution < -0.4 is 9.62 Å². The van der Waals surface area contributed by atoms with Crippen LogP contribution >= 0.6 is 39.1 Å². The lowest BCUT2D eigenvalue weighted by Crippen LogP contribution is -2.55. The molecule has 0 saturated heterocycles. The van der Waals surface area contributed by atoms with Gasteiger partial charge in [-0.2, -0.15) is 0 Å². The van der Waals surface area contributed by atoms with Crippen molar-refractivity contribution in [3.05, 3.63) is 92.4 Å². The Labute approximate surface area is 261 Å². The number of carbonyl (C=O) groups excluding carboxylic acids is 2. The Morgan fingerprint density at radius 3 is 2.22 bits per heavy atom. The first-order valence-corrected chi connectivity index (χ1v) is 16.0. The third kappa shape index (κ3) is 8.70. The molecule has 0 radical (unpaired) electrons. The molecule has 0 unspecified atom stereocenters. The number of nitrogens with one attached hydrogen (secondary N) is 1. The van der Waals surface area contributed by atoms with Gasteiger partial charge in [0, 0.05) is 26.6 Å². The lowest BCUT2D eigenvalue weighted by atomic mass is 10.1. The summed E-state index contributed by atoms with van der Waals surface area (Å²) < 4.78 is 29.6. The molecule has 3 aromatic carbocycles. The highest BCUT2D eigenvalue weighted by molar-refractivity contribution is 9.10. The molecule has 0 bridgehead atoms. The van der Waals surface area contributed by atoms with Crippen molar-refractivity contribution in [2.45, 2.75) is 64.1 Å². The van der Waals surface area contributed by atoms with Gasteiger partial charge in [-0.1, -0.05) is 75.9 Å². The van der Waals surface area contributed by atoms with E-state index in [1.54, 1.807) is 61.5 Å². The van der Waals surface area contributed by atoms with Crippen LogP contribution in [0.3, 0.4) is 0 Å². The Hall–Kier alpha value is -2.59. The minimum atomic E-state index is -4.16. The van der Waals surface area contributed by atoms with Gasteiger partial charge in [0.2, 0.25) is 11.8 Å². The summed E-state index contributed by atoms with van der Waals surface area (Å²) in [5.41, 5.74) is 1.22. The zero-order valence-corrected chi connectivity index (χ0v) is 27.5. The fourth-order valence-electron chi connectivity index (χ4n) is 4.20. The number of halogens is 3. The van der Waals surface area contributed by atoms with Gasteiger partial charge in [0.15, 0.2) is 0 Å². The Morgan fingerprint density at radius 2 is 1.66 bits per heavy atom. The van der Waals surface area contributed by atoms with Crippen LogP contribution in [0.5, 0.6) is 0 Å². The fourth-order valence-corrected chi connectivity index (χ4v) is 6.46. The van der Waals surface area contributed by atoms with Crippen molar-refractivity contribution in [1.29, 1.82) is 0 Å². The topological polar surface area (TPSA) is 86.8 Å². The molecule has 11 heteroatoms. The molecule has 220 valence electrons. The second-order valence-corrected chi connectivity index (χ2v) is 14.3. The third-order valence-electron chi connectivity index (χ3n) is 6.22. The predicted molar refractivity (Wildman–Crippen MR) is 169 cm³/mol. The highest BCUT2D eigenvalue weighted by Crippen LogP contribution is 2.28. The third-order valence-corrected chi connectivity index (χ3v) is 9.09. The molecule has 0 aliphatic heterocycles. The zero-order valence-electron chi connectivity index (χ0n) is 23.6. The Kier molecular flexibility index (Phi) is 10.9. The number of sulfonamides is 1. The van der Waals surface area contributed by atoms with E-state index in [0.29, 0.717) is 32.2 Å². The number of aryl methyl sites for hydroxylation is 1. The number of amides is 2. The van der Waals surface area contributed by atoms with E-state index in [4.69, 9.17) is 23.2 Å². The number of hydrogen-bond donors (Lipinski definition) is 1. The van der Waals surface area contributed by atoms with Crippen molar-refractivity contribution in [3.63, 3.8) is 0 Å². The van der Waals surface area contributed by atoms with Gasteiger partial charge >= 0.3 is 0 Å². The Balaban J connectivity index is 2.10. The smallest absolute Gasteiger partial charge is 0.264 e. The molecule has 0 saturated carbocycles. The summed E-state index contributed by atoms with van der Waals surface area (Å²) in [6.07, 6.45) is 0.292. The van der Waals surface area contributed by atoms with E-state index in [2.05, 4.69) is 21.2 Å². The van der Waals surface area contributed by atoms with Crippen molar-refractivity contribution >= 4 is 66.7 Å². The SMILES string of the molecule is CC[C@H](C(=O)NC(C)(C)C)N(Cc1ccc(Cl)cc1Cl)C(=O)CN(c1cccc(Br)c1)S(=O)(=O)c1ccc(C)cc1. The van der Waals surface area contributed by atoms with Gasteiger partial charge in [-0.25, -0.2) is 8.42 Å². The van der Waals surface area contributed by atoms with Crippen molar-refractivity contribution in [2.75, 3.05) is 10.8 Å². The van der Waals surface area contributed by atoms with Gasteiger partial charge in [0.25, 0.3) is 10.0 Å². The summed E-state index contributed by atoms with van der Waals surface area (Å²) in [6.45, 7) is 8.64. The maximum Gasteiger partial charge on any atom is 0.264 e. The number of benzene rings is 3. The second-order valence-electron chi connectivity index (χ2n) is 10.7. The van der Waals surface area contributed by atoms with Crippen molar-refractivity contribution < 1.29 is 18.0 Å². The van der Waals surface area contributed by atoms with Crippen LogP contribution in [-0.4, -0.2) is 43.3 Å². The van der Waals surface area contributed by atoms with Gasteiger partial charge < -0.3 is 10.2 Å². The average Bonchev–Trinajstić information content (AvgIpc) is 2.87. The lowest BCUT2D eigenvalue weighted by Gasteiger charge is -2.35. The highest BCUT2D eigenvalue weighted by Gasteiger charge is 2.35. The monoisotopic (exact) mass is 681 g/mol.